The quantitative estimate of drug-likeness (QED) is 0.213. The van der Waals surface area contributed by atoms with E-state index >= 15 is 0 Å². The average molecular weight is 429 g/mol. The molecule has 0 aliphatic heterocycles. The van der Waals surface area contributed by atoms with E-state index in [4.69, 9.17) is 9.84 Å². The Labute approximate surface area is 151 Å². The van der Waals surface area contributed by atoms with Gasteiger partial charge in [-0.15, -0.1) is 24.0 Å². The second kappa shape index (κ2) is 15.3. The van der Waals surface area contributed by atoms with Gasteiger partial charge in [-0.3, -0.25) is 9.79 Å². The molecule has 0 aliphatic rings. The van der Waals surface area contributed by atoms with E-state index in [0.29, 0.717) is 25.0 Å². The molecule has 6 nitrogen and oxygen atoms in total. The number of nitrogens with zero attached hydrogens (tertiary/aromatic N) is 1. The molecule has 0 radical (unpaired) electrons. The lowest BCUT2D eigenvalue weighted by Crippen LogP contribution is -2.41. The Morgan fingerprint density at radius 3 is 2.45 bits per heavy atom. The summed E-state index contributed by atoms with van der Waals surface area (Å²) in [6.07, 6.45) is 2.92. The van der Waals surface area contributed by atoms with Crippen LogP contribution < -0.4 is 10.6 Å². The summed E-state index contributed by atoms with van der Waals surface area (Å²) >= 11 is 0. The number of hydrogen-bond acceptors (Lipinski definition) is 4. The molecule has 0 amide bonds. The molecular weight excluding hydrogens is 397 g/mol. The molecule has 3 N–H and O–H groups in total. The number of aliphatic hydroxyl groups is 1. The van der Waals surface area contributed by atoms with Crippen molar-refractivity contribution in [2.24, 2.45) is 16.8 Å². The maximum absolute atomic E-state index is 11.4. The number of guanidine groups is 1. The molecule has 0 aliphatic carbocycles. The third kappa shape index (κ3) is 11.1. The fourth-order valence-electron chi connectivity index (χ4n) is 2.01. The third-order valence-corrected chi connectivity index (χ3v) is 3.27. The molecule has 0 aromatic heterocycles. The zero-order chi connectivity index (χ0) is 16.1. The summed E-state index contributed by atoms with van der Waals surface area (Å²) in [6.45, 7) is 8.06. The summed E-state index contributed by atoms with van der Waals surface area (Å²) in [6, 6.07) is 0. The highest BCUT2D eigenvalue weighted by Gasteiger charge is 2.13. The van der Waals surface area contributed by atoms with Gasteiger partial charge < -0.3 is 20.5 Å². The van der Waals surface area contributed by atoms with Gasteiger partial charge in [0.25, 0.3) is 0 Å². The van der Waals surface area contributed by atoms with Crippen LogP contribution in [0.1, 0.15) is 40.0 Å². The fourth-order valence-corrected chi connectivity index (χ4v) is 2.01. The number of esters is 1. The van der Waals surface area contributed by atoms with E-state index in [0.717, 1.165) is 25.8 Å². The Morgan fingerprint density at radius 2 is 1.95 bits per heavy atom. The Kier molecular flexibility index (Phi) is 16.5. The van der Waals surface area contributed by atoms with Gasteiger partial charge in [0.05, 0.1) is 13.0 Å². The molecule has 7 heteroatoms. The molecule has 0 saturated heterocycles. The van der Waals surface area contributed by atoms with Gasteiger partial charge in [0, 0.05) is 26.2 Å². The van der Waals surface area contributed by atoms with Crippen LogP contribution in [0.5, 0.6) is 0 Å². The summed E-state index contributed by atoms with van der Waals surface area (Å²) in [5, 5.41) is 15.4. The number of ether oxygens (including phenoxy) is 1. The number of halogens is 1. The predicted octanol–water partition coefficient (Wildman–Crippen LogP) is 1.77. The molecule has 22 heavy (non-hydrogen) atoms. The van der Waals surface area contributed by atoms with Crippen molar-refractivity contribution >= 4 is 35.9 Å². The average Bonchev–Trinajstić information content (AvgIpc) is 2.49. The molecule has 2 unspecified atom stereocenters. The van der Waals surface area contributed by atoms with E-state index in [2.05, 4.69) is 22.5 Å². The van der Waals surface area contributed by atoms with Crippen molar-refractivity contribution in [1.82, 2.24) is 10.6 Å². The zero-order valence-corrected chi connectivity index (χ0v) is 16.6. The normalized spacial score (nSPS) is 13.8. The number of hydrogen-bond donors (Lipinski definition) is 3. The first-order valence-electron chi connectivity index (χ1n) is 7.79. The van der Waals surface area contributed by atoms with Crippen LogP contribution in [-0.4, -0.2) is 50.4 Å². The second-order valence-electron chi connectivity index (χ2n) is 5.19. The summed E-state index contributed by atoms with van der Waals surface area (Å²) in [7, 11) is 1.39. The van der Waals surface area contributed by atoms with Crippen molar-refractivity contribution in [3.05, 3.63) is 0 Å². The maximum atomic E-state index is 11.4. The smallest absolute Gasteiger partial charge is 0.310 e. The predicted molar refractivity (Wildman–Crippen MR) is 101 cm³/mol. The van der Waals surface area contributed by atoms with Crippen molar-refractivity contribution in [2.45, 2.75) is 40.0 Å². The highest BCUT2D eigenvalue weighted by Crippen LogP contribution is 2.10. The molecule has 0 bridgehead atoms. The largest absolute Gasteiger partial charge is 0.469 e. The number of carbonyl (C=O) groups is 1. The topological polar surface area (TPSA) is 83.0 Å². The lowest BCUT2D eigenvalue weighted by Gasteiger charge is -2.16. The van der Waals surface area contributed by atoms with Crippen molar-refractivity contribution < 1.29 is 14.6 Å². The first-order valence-corrected chi connectivity index (χ1v) is 7.79. The van der Waals surface area contributed by atoms with E-state index in [9.17, 15) is 4.79 Å². The summed E-state index contributed by atoms with van der Waals surface area (Å²) in [4.78, 5) is 15.9. The molecular formula is C15H32IN3O3. The van der Waals surface area contributed by atoms with Gasteiger partial charge in [0.15, 0.2) is 5.96 Å². The lowest BCUT2D eigenvalue weighted by atomic mass is 10.0. The van der Waals surface area contributed by atoms with Gasteiger partial charge in [-0.2, -0.15) is 0 Å². The van der Waals surface area contributed by atoms with Crippen LogP contribution in [0.25, 0.3) is 0 Å². The van der Waals surface area contributed by atoms with Crippen LogP contribution in [0.4, 0.5) is 0 Å². The Bertz CT molecular complexity index is 308. The minimum Gasteiger partial charge on any atom is -0.469 e. The summed E-state index contributed by atoms with van der Waals surface area (Å²) in [5.41, 5.74) is 0. The molecule has 0 aromatic rings. The van der Waals surface area contributed by atoms with Crippen molar-refractivity contribution in [1.29, 1.82) is 0 Å². The zero-order valence-electron chi connectivity index (χ0n) is 14.2. The molecule has 0 rings (SSSR count). The summed E-state index contributed by atoms with van der Waals surface area (Å²) in [5.74, 6) is 0.644. The highest BCUT2D eigenvalue weighted by atomic mass is 127. The van der Waals surface area contributed by atoms with Crippen molar-refractivity contribution in [3.63, 3.8) is 0 Å². The van der Waals surface area contributed by atoms with Crippen LogP contribution in [0.3, 0.4) is 0 Å². The van der Waals surface area contributed by atoms with Gasteiger partial charge >= 0.3 is 5.97 Å². The second-order valence-corrected chi connectivity index (χ2v) is 5.19. The maximum Gasteiger partial charge on any atom is 0.310 e. The van der Waals surface area contributed by atoms with Crippen LogP contribution in [0.15, 0.2) is 4.99 Å². The van der Waals surface area contributed by atoms with Gasteiger partial charge in [0.1, 0.15) is 0 Å². The van der Waals surface area contributed by atoms with Crippen LogP contribution in [0, 0.1) is 11.8 Å². The van der Waals surface area contributed by atoms with Gasteiger partial charge in [-0.1, -0.05) is 20.3 Å². The molecule has 2 atom stereocenters. The number of aliphatic imine (C=N–C) groups is 1. The van der Waals surface area contributed by atoms with E-state index in [1.54, 1.807) is 0 Å². The van der Waals surface area contributed by atoms with Gasteiger partial charge in [-0.25, -0.2) is 0 Å². The molecule has 0 heterocycles. The summed E-state index contributed by atoms with van der Waals surface area (Å²) < 4.78 is 4.70. The number of nitrogens with one attached hydrogen (secondary N) is 2. The standard InChI is InChI=1S/C15H31N3O3.HI/c1-5-7-13(8-9-19)11-18-15(16-6-2)17-10-12(3)14(20)21-4;/h12-13,19H,5-11H2,1-4H3,(H2,16,17,18);1H. The molecule has 0 spiro atoms. The SMILES string of the molecule is CCCC(CCO)CN=C(NCC)NCC(C)C(=O)OC.I. The minimum atomic E-state index is -0.234. The monoisotopic (exact) mass is 429 g/mol. The van der Waals surface area contributed by atoms with Crippen LogP contribution in [-0.2, 0) is 9.53 Å². The molecule has 0 saturated carbocycles. The number of aliphatic hydroxyl groups excluding tert-OH is 1. The number of methoxy groups -OCH3 is 1. The number of carbonyl (C=O) groups excluding carboxylic acids is 1. The van der Waals surface area contributed by atoms with Crippen molar-refractivity contribution in [3.8, 4) is 0 Å². The van der Waals surface area contributed by atoms with E-state index in [-0.39, 0.29) is 42.5 Å². The van der Waals surface area contributed by atoms with Crippen LogP contribution in [0.2, 0.25) is 0 Å². The lowest BCUT2D eigenvalue weighted by molar-refractivity contribution is -0.144. The fraction of sp³-hybridized carbons (Fsp3) is 0.867. The Balaban J connectivity index is 0. The highest BCUT2D eigenvalue weighted by molar-refractivity contribution is 14.0. The number of rotatable bonds is 10. The first kappa shape index (κ1) is 23.7. The Morgan fingerprint density at radius 1 is 1.27 bits per heavy atom. The molecule has 0 aromatic carbocycles. The third-order valence-electron chi connectivity index (χ3n) is 3.27. The van der Waals surface area contributed by atoms with Gasteiger partial charge in [-0.05, 0) is 25.7 Å². The first-order chi connectivity index (χ1) is 10.1. The minimum absolute atomic E-state index is 0. The van der Waals surface area contributed by atoms with E-state index in [1.807, 2.05) is 13.8 Å². The van der Waals surface area contributed by atoms with E-state index in [1.165, 1.54) is 7.11 Å². The van der Waals surface area contributed by atoms with Gasteiger partial charge in [0.2, 0.25) is 0 Å². The Hall–Kier alpha value is -0.570. The van der Waals surface area contributed by atoms with Crippen LogP contribution >= 0.6 is 24.0 Å². The molecule has 0 fully saturated rings. The molecule has 132 valence electrons. The van der Waals surface area contributed by atoms with Crippen molar-refractivity contribution in [2.75, 3.05) is 33.4 Å². The van der Waals surface area contributed by atoms with E-state index < -0.39 is 0 Å².